The van der Waals surface area contributed by atoms with Crippen LogP contribution in [0.1, 0.15) is 38.2 Å². The van der Waals surface area contributed by atoms with Gasteiger partial charge in [0.1, 0.15) is 0 Å². The van der Waals surface area contributed by atoms with Gasteiger partial charge in [-0.2, -0.15) is 0 Å². The molecule has 0 aromatic heterocycles. The van der Waals surface area contributed by atoms with Gasteiger partial charge in [0.05, 0.1) is 0 Å². The molecule has 2 aliphatic rings. The van der Waals surface area contributed by atoms with E-state index in [9.17, 15) is 4.79 Å². The maximum atomic E-state index is 12.8. The van der Waals surface area contributed by atoms with Crippen molar-refractivity contribution in [1.82, 2.24) is 15.1 Å². The summed E-state index contributed by atoms with van der Waals surface area (Å²) in [5.74, 6) is 1.52. The van der Waals surface area contributed by atoms with Gasteiger partial charge in [-0.25, -0.2) is 0 Å². The summed E-state index contributed by atoms with van der Waals surface area (Å²) < 4.78 is 0. The number of carbonyl (C=O) groups is 1. The highest BCUT2D eigenvalue weighted by Crippen LogP contribution is 2.23. The van der Waals surface area contributed by atoms with Crippen LogP contribution in [-0.4, -0.2) is 55.0 Å². The average molecular weight is 344 g/mol. The molecule has 4 nitrogen and oxygen atoms in total. The summed E-state index contributed by atoms with van der Waals surface area (Å²) >= 11 is 0. The quantitative estimate of drug-likeness (QED) is 0.893. The zero-order chi connectivity index (χ0) is 17.5. The van der Waals surface area contributed by atoms with Gasteiger partial charge in [0, 0.05) is 39.1 Å². The summed E-state index contributed by atoms with van der Waals surface area (Å²) in [6, 6.07) is 10.6. The van der Waals surface area contributed by atoms with Crippen LogP contribution in [0.25, 0.3) is 0 Å². The van der Waals surface area contributed by atoms with Crippen molar-refractivity contribution in [1.29, 1.82) is 0 Å². The van der Waals surface area contributed by atoms with E-state index < -0.39 is 0 Å². The van der Waals surface area contributed by atoms with Crippen LogP contribution in [0.3, 0.4) is 0 Å². The van der Waals surface area contributed by atoms with Crippen LogP contribution in [0.15, 0.2) is 30.3 Å². The highest BCUT2D eigenvalue weighted by atomic mass is 16.2. The van der Waals surface area contributed by atoms with Crippen molar-refractivity contribution < 1.29 is 4.79 Å². The molecule has 0 spiro atoms. The Bertz CT molecular complexity index is 527. The second kappa shape index (κ2) is 9.35. The Kier molecular flexibility index (Phi) is 6.88. The minimum atomic E-state index is 0.361. The Morgan fingerprint density at radius 1 is 1.16 bits per heavy atom. The maximum absolute atomic E-state index is 12.8. The molecule has 1 amide bonds. The molecule has 2 fully saturated rings. The van der Waals surface area contributed by atoms with E-state index in [1.54, 1.807) is 0 Å². The summed E-state index contributed by atoms with van der Waals surface area (Å²) in [7, 11) is 0. The summed E-state index contributed by atoms with van der Waals surface area (Å²) in [5, 5.41) is 3.48. The molecule has 1 aromatic carbocycles. The van der Waals surface area contributed by atoms with Gasteiger partial charge in [0.15, 0.2) is 0 Å². The lowest BCUT2D eigenvalue weighted by atomic mass is 9.85. The number of carbonyl (C=O) groups excluding carboxylic acids is 1. The molecule has 1 N–H and O–H groups in total. The molecule has 0 saturated carbocycles. The molecule has 4 heteroatoms. The minimum absolute atomic E-state index is 0.361. The molecule has 138 valence electrons. The number of benzene rings is 1. The molecule has 1 aromatic rings. The Balaban J connectivity index is 1.46. The van der Waals surface area contributed by atoms with Crippen molar-refractivity contribution in [3.63, 3.8) is 0 Å². The van der Waals surface area contributed by atoms with Gasteiger partial charge >= 0.3 is 0 Å². The fourth-order valence-electron chi connectivity index (χ4n) is 4.16. The van der Waals surface area contributed by atoms with Crippen LogP contribution < -0.4 is 5.32 Å². The topological polar surface area (TPSA) is 35.6 Å². The van der Waals surface area contributed by atoms with Gasteiger partial charge in [-0.15, -0.1) is 0 Å². The van der Waals surface area contributed by atoms with Crippen LogP contribution in [-0.2, 0) is 11.3 Å². The van der Waals surface area contributed by atoms with E-state index in [0.717, 1.165) is 52.2 Å². The van der Waals surface area contributed by atoms with Crippen LogP contribution in [0, 0.1) is 11.8 Å². The number of hydrogen-bond donors (Lipinski definition) is 1. The number of piperidine rings is 1. The van der Waals surface area contributed by atoms with Crippen molar-refractivity contribution in [3.8, 4) is 0 Å². The van der Waals surface area contributed by atoms with E-state index in [1.165, 1.54) is 18.4 Å². The molecule has 0 aliphatic carbocycles. The second-order valence-electron chi connectivity index (χ2n) is 7.78. The third-order valence-electron chi connectivity index (χ3n) is 5.83. The Morgan fingerprint density at radius 3 is 2.76 bits per heavy atom. The van der Waals surface area contributed by atoms with Gasteiger partial charge in [0.2, 0.25) is 5.91 Å². The van der Waals surface area contributed by atoms with Crippen molar-refractivity contribution >= 4 is 5.91 Å². The lowest BCUT2D eigenvalue weighted by Gasteiger charge is -2.30. The zero-order valence-corrected chi connectivity index (χ0v) is 15.6. The summed E-state index contributed by atoms with van der Waals surface area (Å²) in [6.07, 6.45) is 4.32. The van der Waals surface area contributed by atoms with Crippen LogP contribution in [0.2, 0.25) is 0 Å². The normalized spacial score (nSPS) is 23.9. The third-order valence-corrected chi connectivity index (χ3v) is 5.83. The van der Waals surface area contributed by atoms with Gasteiger partial charge < -0.3 is 10.2 Å². The van der Waals surface area contributed by atoms with Crippen molar-refractivity contribution in [2.75, 3.05) is 39.3 Å². The molecular formula is C21H33N3O. The fraction of sp³-hybridized carbons (Fsp3) is 0.667. The first-order chi connectivity index (χ1) is 12.2. The smallest absolute Gasteiger partial charge is 0.222 e. The number of hydrogen-bond acceptors (Lipinski definition) is 3. The van der Waals surface area contributed by atoms with Gasteiger partial charge in [-0.1, -0.05) is 37.3 Å². The molecule has 3 rings (SSSR count). The van der Waals surface area contributed by atoms with E-state index in [1.807, 2.05) is 0 Å². The van der Waals surface area contributed by atoms with Gasteiger partial charge in [0.25, 0.3) is 0 Å². The highest BCUT2D eigenvalue weighted by molar-refractivity contribution is 5.76. The zero-order valence-electron chi connectivity index (χ0n) is 15.6. The largest absolute Gasteiger partial charge is 0.341 e. The SMILES string of the molecule is CC(CC(=O)N1CCCN(Cc2ccccc2)CC1)C1CCCNC1. The molecule has 25 heavy (non-hydrogen) atoms. The molecular weight excluding hydrogens is 310 g/mol. The highest BCUT2D eigenvalue weighted by Gasteiger charge is 2.25. The van der Waals surface area contributed by atoms with Crippen LogP contribution >= 0.6 is 0 Å². The molecule has 0 bridgehead atoms. The van der Waals surface area contributed by atoms with E-state index >= 15 is 0 Å². The number of nitrogens with zero attached hydrogens (tertiary/aromatic N) is 2. The fourth-order valence-corrected chi connectivity index (χ4v) is 4.16. The van der Waals surface area contributed by atoms with Crippen LogP contribution in [0.5, 0.6) is 0 Å². The van der Waals surface area contributed by atoms with E-state index in [0.29, 0.717) is 24.2 Å². The second-order valence-corrected chi connectivity index (χ2v) is 7.78. The van der Waals surface area contributed by atoms with Crippen molar-refractivity contribution in [3.05, 3.63) is 35.9 Å². The first-order valence-electron chi connectivity index (χ1n) is 9.97. The number of rotatable bonds is 5. The standard InChI is InChI=1S/C21H33N3O/c1-18(20-9-5-10-22-16-20)15-21(25)24-12-6-11-23(13-14-24)17-19-7-3-2-4-8-19/h2-4,7-8,18,20,22H,5-6,9-17H2,1H3. The number of amides is 1. The molecule has 2 atom stereocenters. The van der Waals surface area contributed by atoms with Gasteiger partial charge in [-0.05, 0) is 49.8 Å². The molecule has 2 unspecified atom stereocenters. The lowest BCUT2D eigenvalue weighted by Crippen LogP contribution is -2.38. The first-order valence-corrected chi connectivity index (χ1v) is 9.97. The summed E-state index contributed by atoms with van der Waals surface area (Å²) in [5.41, 5.74) is 1.36. The predicted octanol–water partition coefficient (Wildman–Crippen LogP) is 2.75. The number of nitrogens with one attached hydrogen (secondary N) is 1. The van der Waals surface area contributed by atoms with Crippen molar-refractivity contribution in [2.24, 2.45) is 11.8 Å². The van der Waals surface area contributed by atoms with Crippen LogP contribution in [0.4, 0.5) is 0 Å². The first kappa shape index (κ1) is 18.4. The third kappa shape index (κ3) is 5.55. The monoisotopic (exact) mass is 343 g/mol. The summed E-state index contributed by atoms with van der Waals surface area (Å²) in [6.45, 7) is 9.34. The Hall–Kier alpha value is -1.39. The molecule has 2 aliphatic heterocycles. The predicted molar refractivity (Wildman–Crippen MR) is 102 cm³/mol. The Labute approximate surface area is 152 Å². The average Bonchev–Trinajstić information content (AvgIpc) is 2.89. The molecule has 0 radical (unpaired) electrons. The lowest BCUT2D eigenvalue weighted by molar-refractivity contribution is -0.132. The van der Waals surface area contributed by atoms with E-state index in [-0.39, 0.29) is 0 Å². The Morgan fingerprint density at radius 2 is 2.00 bits per heavy atom. The van der Waals surface area contributed by atoms with E-state index in [4.69, 9.17) is 0 Å². The van der Waals surface area contributed by atoms with Crippen molar-refractivity contribution in [2.45, 2.75) is 39.2 Å². The maximum Gasteiger partial charge on any atom is 0.222 e. The van der Waals surface area contributed by atoms with Gasteiger partial charge in [-0.3, -0.25) is 9.69 Å². The molecule has 2 saturated heterocycles. The molecule has 2 heterocycles. The van der Waals surface area contributed by atoms with E-state index in [2.05, 4.69) is 52.4 Å². The minimum Gasteiger partial charge on any atom is -0.341 e. The summed E-state index contributed by atoms with van der Waals surface area (Å²) in [4.78, 5) is 17.3.